The van der Waals surface area contributed by atoms with Crippen LogP contribution in [0.5, 0.6) is 0 Å². The fourth-order valence-corrected chi connectivity index (χ4v) is 0. The molecule has 0 heterocycles. The molecular weight excluding hydrogens is 107 g/mol. The third-order valence-electron chi connectivity index (χ3n) is 0. The van der Waals surface area contributed by atoms with Crippen LogP contribution >= 0.6 is 0 Å². The van der Waals surface area contributed by atoms with Crippen molar-refractivity contribution in [2.24, 2.45) is 5.16 Å². The second-order valence-electron chi connectivity index (χ2n) is 0.141. The van der Waals surface area contributed by atoms with Crippen LogP contribution in [0.15, 0.2) is 5.16 Å². The van der Waals surface area contributed by atoms with Crippen molar-refractivity contribution in [2.45, 2.75) is 0 Å². The molecule has 0 radical (unpaired) electrons. The standard InChI is InChI=1S/CH3NO.Zn/c1-2-3;/h3H,1H2;. The normalized spacial score (nSPS) is 3.00. The summed E-state index contributed by atoms with van der Waals surface area (Å²) in [5, 5.41) is 9.33. The van der Waals surface area contributed by atoms with Gasteiger partial charge in [-0.2, -0.15) is 0 Å². The summed E-state index contributed by atoms with van der Waals surface area (Å²) in [6, 6.07) is 0. The van der Waals surface area contributed by atoms with Crippen molar-refractivity contribution in [3.63, 3.8) is 0 Å². The first-order valence-electron chi connectivity index (χ1n) is 0.516. The maximum absolute atomic E-state index is 7.08. The summed E-state index contributed by atoms with van der Waals surface area (Å²) in [7, 11) is 0. The third-order valence-corrected chi connectivity index (χ3v) is 0. The zero-order valence-electron chi connectivity index (χ0n) is 2.31. The van der Waals surface area contributed by atoms with Crippen LogP contribution < -0.4 is 0 Å². The van der Waals surface area contributed by atoms with E-state index in [-0.39, 0.29) is 19.5 Å². The van der Waals surface area contributed by atoms with Crippen molar-refractivity contribution in [1.82, 2.24) is 0 Å². The Labute approximate surface area is 37.3 Å². The molecule has 0 fully saturated rings. The first-order valence-corrected chi connectivity index (χ1v) is 0.516. The zero-order valence-corrected chi connectivity index (χ0v) is 5.28. The molecule has 4 heavy (non-hydrogen) atoms. The van der Waals surface area contributed by atoms with E-state index in [9.17, 15) is 0 Å². The van der Waals surface area contributed by atoms with Gasteiger partial charge in [-0.3, -0.25) is 0 Å². The maximum atomic E-state index is 7.08. The third kappa shape index (κ3) is 287. The van der Waals surface area contributed by atoms with Crippen molar-refractivity contribution >= 4 is 6.72 Å². The maximum Gasteiger partial charge on any atom is 0.0298 e. The predicted octanol–water partition coefficient (Wildman–Crippen LogP) is 0.0737. The van der Waals surface area contributed by atoms with E-state index in [1.165, 1.54) is 0 Å². The van der Waals surface area contributed by atoms with Gasteiger partial charge >= 0.3 is 0 Å². The zero-order chi connectivity index (χ0) is 2.71. The molecule has 0 amide bonds. The van der Waals surface area contributed by atoms with Gasteiger partial charge in [0, 0.05) is 26.2 Å². The number of hydrogen-bond acceptors (Lipinski definition) is 2. The first kappa shape index (κ1) is 8.94. The van der Waals surface area contributed by atoms with Gasteiger partial charge < -0.3 is 5.21 Å². The minimum atomic E-state index is 0. The summed E-state index contributed by atoms with van der Waals surface area (Å²) in [5.41, 5.74) is 0. The largest absolute Gasteiger partial charge is 0.411 e. The molecule has 0 bridgehead atoms. The average molecular weight is 110 g/mol. The SMILES string of the molecule is C=NO.[Zn]. The smallest absolute Gasteiger partial charge is 0.0298 e. The summed E-state index contributed by atoms with van der Waals surface area (Å²) in [5.74, 6) is 0. The summed E-state index contributed by atoms with van der Waals surface area (Å²) in [6.07, 6.45) is 0. The molecular formula is CH3NOZn. The second-order valence-corrected chi connectivity index (χ2v) is 0.141. The molecule has 1 N–H and O–H groups in total. The predicted molar refractivity (Wildman–Crippen MR) is 11.3 cm³/mol. The van der Waals surface area contributed by atoms with Gasteiger partial charge in [0.2, 0.25) is 0 Å². The summed E-state index contributed by atoms with van der Waals surface area (Å²) in [4.78, 5) is 0. The fourth-order valence-electron chi connectivity index (χ4n) is 0. The monoisotopic (exact) mass is 109 g/mol. The Kier molecular flexibility index (Phi) is 25.3. The van der Waals surface area contributed by atoms with Gasteiger partial charge in [-0.1, -0.05) is 0 Å². The van der Waals surface area contributed by atoms with E-state index in [2.05, 4.69) is 11.9 Å². The van der Waals surface area contributed by atoms with Crippen LogP contribution in [0.3, 0.4) is 0 Å². The van der Waals surface area contributed by atoms with Crippen LogP contribution in [0.2, 0.25) is 0 Å². The van der Waals surface area contributed by atoms with E-state index < -0.39 is 0 Å². The Bertz CT molecular complexity index is 15.5. The molecule has 0 aliphatic carbocycles. The minimum Gasteiger partial charge on any atom is -0.411 e. The van der Waals surface area contributed by atoms with Crippen molar-refractivity contribution in [1.29, 1.82) is 0 Å². The Morgan fingerprint density at radius 2 is 1.75 bits per heavy atom. The molecule has 0 spiro atoms. The van der Waals surface area contributed by atoms with Gasteiger partial charge in [0.05, 0.1) is 0 Å². The number of hydrogen-bond donors (Lipinski definition) is 1. The first-order chi connectivity index (χ1) is 1.41. The van der Waals surface area contributed by atoms with Crippen LogP contribution in [-0.2, 0) is 19.5 Å². The Balaban J connectivity index is 0. The molecule has 3 heteroatoms. The summed E-state index contributed by atoms with van der Waals surface area (Å²) >= 11 is 0. The van der Waals surface area contributed by atoms with Crippen LogP contribution in [-0.4, -0.2) is 11.9 Å². The average Bonchev–Trinajstić information content (AvgIpc) is 0.918. The molecule has 0 saturated heterocycles. The van der Waals surface area contributed by atoms with Crippen molar-refractivity contribution in [2.75, 3.05) is 0 Å². The molecule has 2 nitrogen and oxygen atoms in total. The number of nitrogens with zero attached hydrogens (tertiary/aromatic N) is 1. The number of rotatable bonds is 0. The van der Waals surface area contributed by atoms with Crippen molar-refractivity contribution in [3.05, 3.63) is 0 Å². The van der Waals surface area contributed by atoms with E-state index >= 15 is 0 Å². The van der Waals surface area contributed by atoms with Gasteiger partial charge in [-0.05, 0) is 0 Å². The van der Waals surface area contributed by atoms with Gasteiger partial charge in [-0.15, -0.1) is 5.16 Å². The van der Waals surface area contributed by atoms with Crippen LogP contribution in [0.25, 0.3) is 0 Å². The van der Waals surface area contributed by atoms with Gasteiger partial charge in [0.15, 0.2) is 0 Å². The Morgan fingerprint density at radius 1 is 1.75 bits per heavy atom. The molecule has 0 unspecified atom stereocenters. The van der Waals surface area contributed by atoms with E-state index in [4.69, 9.17) is 5.21 Å². The van der Waals surface area contributed by atoms with Crippen molar-refractivity contribution < 1.29 is 24.7 Å². The van der Waals surface area contributed by atoms with E-state index in [0.29, 0.717) is 0 Å². The molecule has 20 valence electrons. The van der Waals surface area contributed by atoms with Gasteiger partial charge in [0.25, 0.3) is 0 Å². The molecule has 0 rings (SSSR count). The van der Waals surface area contributed by atoms with Crippen LogP contribution in [0.1, 0.15) is 0 Å². The van der Waals surface area contributed by atoms with Gasteiger partial charge in [-0.25, -0.2) is 0 Å². The topological polar surface area (TPSA) is 32.6 Å². The fraction of sp³-hybridized carbons (Fsp3) is 0. The van der Waals surface area contributed by atoms with Gasteiger partial charge in [0.1, 0.15) is 0 Å². The summed E-state index contributed by atoms with van der Waals surface area (Å²) in [6.45, 7) is 2.67. The second kappa shape index (κ2) is 11.3. The van der Waals surface area contributed by atoms with Crippen LogP contribution in [0.4, 0.5) is 0 Å². The van der Waals surface area contributed by atoms with E-state index in [1.54, 1.807) is 0 Å². The molecule has 0 aromatic heterocycles. The quantitative estimate of drug-likeness (QED) is 0.204. The Hall–Kier alpha value is 0.0934. The summed E-state index contributed by atoms with van der Waals surface area (Å²) < 4.78 is 0. The van der Waals surface area contributed by atoms with E-state index in [1.807, 2.05) is 0 Å². The molecule has 0 atom stereocenters. The van der Waals surface area contributed by atoms with Crippen molar-refractivity contribution in [3.8, 4) is 0 Å². The molecule has 0 aromatic rings. The minimum absolute atomic E-state index is 0. The molecule has 0 saturated carbocycles. The Morgan fingerprint density at radius 3 is 1.75 bits per heavy atom. The number of oxime groups is 1. The van der Waals surface area contributed by atoms with Crippen LogP contribution in [0, 0.1) is 0 Å². The molecule has 0 aliphatic rings. The van der Waals surface area contributed by atoms with E-state index in [0.717, 1.165) is 0 Å². The molecule has 0 aromatic carbocycles. The molecule has 0 aliphatic heterocycles.